The van der Waals surface area contributed by atoms with Crippen molar-refractivity contribution in [3.63, 3.8) is 0 Å². The van der Waals surface area contributed by atoms with Crippen molar-refractivity contribution in [1.29, 1.82) is 5.26 Å². The minimum Gasteiger partial charge on any atom is -0.198 e. The third-order valence-electron chi connectivity index (χ3n) is 3.89. The van der Waals surface area contributed by atoms with E-state index >= 15 is 0 Å². The van der Waals surface area contributed by atoms with Gasteiger partial charge in [-0.15, -0.1) is 0 Å². The molecular weight excluding hydrogens is 134 g/mol. The molecule has 2 fully saturated rings. The van der Waals surface area contributed by atoms with Crippen LogP contribution in [0.5, 0.6) is 0 Å². The first-order valence-electron chi connectivity index (χ1n) is 4.57. The molecule has 4 unspecified atom stereocenters. The summed E-state index contributed by atoms with van der Waals surface area (Å²) in [5.74, 6) is 2.47. The molecule has 2 bridgehead atoms. The summed E-state index contributed by atoms with van der Waals surface area (Å²) in [6, 6.07) is 2.49. The normalized spacial score (nSPS) is 54.5. The van der Waals surface area contributed by atoms with Crippen molar-refractivity contribution in [3.05, 3.63) is 0 Å². The Bertz CT molecular complexity index is 213. The van der Waals surface area contributed by atoms with E-state index in [2.05, 4.69) is 19.9 Å². The SMILES string of the molecule is CC1CC2CC1CC2(C)C#N. The molecule has 2 aliphatic carbocycles. The molecule has 1 heteroatoms. The van der Waals surface area contributed by atoms with Gasteiger partial charge in [0.25, 0.3) is 0 Å². The highest BCUT2D eigenvalue weighted by Crippen LogP contribution is 2.57. The Kier molecular flexibility index (Phi) is 1.30. The maximum absolute atomic E-state index is 8.98. The molecule has 0 aromatic rings. The largest absolute Gasteiger partial charge is 0.198 e. The molecule has 4 atom stereocenters. The Labute approximate surface area is 68.4 Å². The van der Waals surface area contributed by atoms with Gasteiger partial charge in [0.1, 0.15) is 0 Å². The highest BCUT2D eigenvalue weighted by molar-refractivity contribution is 5.10. The van der Waals surface area contributed by atoms with E-state index < -0.39 is 0 Å². The molecule has 0 spiro atoms. The molecule has 0 aromatic heterocycles. The molecule has 0 heterocycles. The molecule has 60 valence electrons. The molecule has 11 heavy (non-hydrogen) atoms. The highest BCUT2D eigenvalue weighted by atomic mass is 14.6. The molecular formula is C10H15N. The molecule has 1 nitrogen and oxygen atoms in total. The van der Waals surface area contributed by atoms with Crippen LogP contribution in [-0.2, 0) is 0 Å². The van der Waals surface area contributed by atoms with Crippen LogP contribution >= 0.6 is 0 Å². The molecule has 0 aromatic carbocycles. The number of hydrogen-bond donors (Lipinski definition) is 0. The first kappa shape index (κ1) is 7.16. The Balaban J connectivity index is 2.21. The van der Waals surface area contributed by atoms with Crippen molar-refractivity contribution in [3.8, 4) is 6.07 Å². The predicted molar refractivity (Wildman–Crippen MR) is 43.7 cm³/mol. The van der Waals surface area contributed by atoms with Crippen LogP contribution in [0.25, 0.3) is 0 Å². The second-order valence-corrected chi connectivity index (χ2v) is 4.64. The fraction of sp³-hybridized carbons (Fsp3) is 0.900. The average molecular weight is 149 g/mol. The lowest BCUT2D eigenvalue weighted by molar-refractivity contribution is 0.222. The first-order chi connectivity index (χ1) is 5.15. The Hall–Kier alpha value is -0.510. The predicted octanol–water partition coefficient (Wildman–Crippen LogP) is 2.58. The van der Waals surface area contributed by atoms with Crippen molar-refractivity contribution in [2.75, 3.05) is 0 Å². The lowest BCUT2D eigenvalue weighted by Crippen LogP contribution is -2.24. The van der Waals surface area contributed by atoms with Gasteiger partial charge in [0.2, 0.25) is 0 Å². The average Bonchev–Trinajstić information content (AvgIpc) is 2.45. The van der Waals surface area contributed by atoms with Gasteiger partial charge in [-0.3, -0.25) is 0 Å². The smallest absolute Gasteiger partial charge is 0.0689 e. The fourth-order valence-corrected chi connectivity index (χ4v) is 2.99. The van der Waals surface area contributed by atoms with Crippen LogP contribution in [-0.4, -0.2) is 0 Å². The minimum absolute atomic E-state index is 0.0389. The molecule has 0 saturated heterocycles. The van der Waals surface area contributed by atoms with Crippen LogP contribution in [0.15, 0.2) is 0 Å². The van der Waals surface area contributed by atoms with Gasteiger partial charge in [0.15, 0.2) is 0 Å². The van der Waals surface area contributed by atoms with E-state index in [-0.39, 0.29) is 5.41 Å². The van der Waals surface area contributed by atoms with E-state index in [9.17, 15) is 0 Å². The quantitative estimate of drug-likeness (QED) is 0.519. The number of nitriles is 1. The number of fused-ring (bicyclic) bond motifs is 2. The van der Waals surface area contributed by atoms with E-state index in [0.29, 0.717) is 5.92 Å². The van der Waals surface area contributed by atoms with Gasteiger partial charge in [-0.05, 0) is 43.9 Å². The van der Waals surface area contributed by atoms with Crippen LogP contribution in [0, 0.1) is 34.5 Å². The van der Waals surface area contributed by atoms with E-state index in [0.717, 1.165) is 18.3 Å². The van der Waals surface area contributed by atoms with Crippen LogP contribution in [0.3, 0.4) is 0 Å². The Morgan fingerprint density at radius 1 is 1.45 bits per heavy atom. The molecule has 0 aliphatic heterocycles. The summed E-state index contributed by atoms with van der Waals surface area (Å²) >= 11 is 0. The standard InChI is InChI=1S/C10H15N/c1-7-3-9-4-8(7)5-10(9,2)6-11/h7-9H,3-5H2,1-2H3. The third-order valence-corrected chi connectivity index (χ3v) is 3.89. The van der Waals surface area contributed by atoms with Gasteiger partial charge in [-0.25, -0.2) is 0 Å². The number of rotatable bonds is 0. The van der Waals surface area contributed by atoms with Gasteiger partial charge in [-0.1, -0.05) is 6.92 Å². The molecule has 0 N–H and O–H groups in total. The van der Waals surface area contributed by atoms with Crippen molar-refractivity contribution in [2.24, 2.45) is 23.2 Å². The molecule has 0 radical (unpaired) electrons. The molecule has 2 aliphatic rings. The van der Waals surface area contributed by atoms with E-state index in [1.165, 1.54) is 12.8 Å². The monoisotopic (exact) mass is 149 g/mol. The van der Waals surface area contributed by atoms with Gasteiger partial charge < -0.3 is 0 Å². The Morgan fingerprint density at radius 3 is 2.55 bits per heavy atom. The van der Waals surface area contributed by atoms with Crippen LogP contribution < -0.4 is 0 Å². The van der Waals surface area contributed by atoms with Crippen LogP contribution in [0.1, 0.15) is 33.1 Å². The first-order valence-corrected chi connectivity index (χ1v) is 4.57. The van der Waals surface area contributed by atoms with Gasteiger partial charge in [0.05, 0.1) is 11.5 Å². The van der Waals surface area contributed by atoms with Crippen molar-refractivity contribution >= 4 is 0 Å². The number of hydrogen-bond acceptors (Lipinski definition) is 1. The summed E-state index contributed by atoms with van der Waals surface area (Å²) in [5.41, 5.74) is 0.0389. The second kappa shape index (κ2) is 2.00. The maximum Gasteiger partial charge on any atom is 0.0689 e. The molecule has 2 rings (SSSR count). The third kappa shape index (κ3) is 0.819. The zero-order valence-electron chi connectivity index (χ0n) is 7.30. The summed E-state index contributed by atoms with van der Waals surface area (Å²) in [6.45, 7) is 4.48. The van der Waals surface area contributed by atoms with E-state index in [1.807, 2.05) is 0 Å². The van der Waals surface area contributed by atoms with Gasteiger partial charge in [0, 0.05) is 0 Å². The topological polar surface area (TPSA) is 23.8 Å². The van der Waals surface area contributed by atoms with E-state index in [1.54, 1.807) is 0 Å². The van der Waals surface area contributed by atoms with Crippen LogP contribution in [0.4, 0.5) is 0 Å². The van der Waals surface area contributed by atoms with Crippen molar-refractivity contribution in [2.45, 2.75) is 33.1 Å². The minimum atomic E-state index is 0.0389. The second-order valence-electron chi connectivity index (χ2n) is 4.64. The van der Waals surface area contributed by atoms with Gasteiger partial charge >= 0.3 is 0 Å². The zero-order valence-corrected chi connectivity index (χ0v) is 7.30. The Morgan fingerprint density at radius 2 is 2.18 bits per heavy atom. The lowest BCUT2D eigenvalue weighted by Gasteiger charge is -2.29. The summed E-state index contributed by atoms with van der Waals surface area (Å²) in [6.07, 6.45) is 3.79. The summed E-state index contributed by atoms with van der Waals surface area (Å²) in [4.78, 5) is 0. The molecule has 0 amide bonds. The van der Waals surface area contributed by atoms with Crippen molar-refractivity contribution < 1.29 is 0 Å². The molecule has 2 saturated carbocycles. The maximum atomic E-state index is 8.98. The zero-order chi connectivity index (χ0) is 8.06. The van der Waals surface area contributed by atoms with Crippen LogP contribution in [0.2, 0.25) is 0 Å². The fourth-order valence-electron chi connectivity index (χ4n) is 2.99. The highest BCUT2D eigenvalue weighted by Gasteiger charge is 2.51. The summed E-state index contributed by atoms with van der Waals surface area (Å²) in [5, 5.41) is 8.98. The summed E-state index contributed by atoms with van der Waals surface area (Å²) in [7, 11) is 0. The van der Waals surface area contributed by atoms with E-state index in [4.69, 9.17) is 5.26 Å². The van der Waals surface area contributed by atoms with Crippen molar-refractivity contribution in [1.82, 2.24) is 0 Å². The summed E-state index contributed by atoms with van der Waals surface area (Å²) < 4.78 is 0. The van der Waals surface area contributed by atoms with Gasteiger partial charge in [-0.2, -0.15) is 5.26 Å². The number of nitrogens with zero attached hydrogens (tertiary/aromatic N) is 1. The lowest BCUT2D eigenvalue weighted by atomic mass is 9.73.